The molecule has 108 valence electrons. The average Bonchev–Trinajstić information content (AvgIpc) is 2.86. The molecule has 0 spiro atoms. The summed E-state index contributed by atoms with van der Waals surface area (Å²) in [5, 5.41) is 21.4. The number of benzene rings is 1. The standard InChI is InChI=1S/C13H17BrN4O2/c1-2-20-9-12(19)8-18-13(15-16-17-18)7-10-3-5-11(14)6-4-10/h3-6,12,19H,2,7-9H2,1H3. The van der Waals surface area contributed by atoms with Crippen LogP contribution >= 0.6 is 15.9 Å². The molecule has 1 unspecified atom stereocenters. The highest BCUT2D eigenvalue weighted by Gasteiger charge is 2.12. The van der Waals surface area contributed by atoms with Gasteiger partial charge in [-0.25, -0.2) is 4.68 Å². The van der Waals surface area contributed by atoms with Gasteiger partial charge in [0.05, 0.1) is 19.3 Å². The Morgan fingerprint density at radius 3 is 2.80 bits per heavy atom. The Hall–Kier alpha value is -1.31. The van der Waals surface area contributed by atoms with E-state index in [-0.39, 0.29) is 6.61 Å². The molecule has 0 amide bonds. The van der Waals surface area contributed by atoms with Gasteiger partial charge in [-0.15, -0.1) is 5.10 Å². The van der Waals surface area contributed by atoms with E-state index in [1.165, 1.54) is 0 Å². The quantitative estimate of drug-likeness (QED) is 0.825. The molecule has 1 aromatic carbocycles. The van der Waals surface area contributed by atoms with Crippen LogP contribution in [0.15, 0.2) is 28.7 Å². The van der Waals surface area contributed by atoms with Crippen LogP contribution in [0.25, 0.3) is 0 Å². The number of ether oxygens (including phenoxy) is 1. The molecule has 6 nitrogen and oxygen atoms in total. The van der Waals surface area contributed by atoms with Gasteiger partial charge < -0.3 is 9.84 Å². The SMILES string of the molecule is CCOCC(O)Cn1nnnc1Cc1ccc(Br)cc1. The molecule has 0 saturated carbocycles. The fourth-order valence-electron chi connectivity index (χ4n) is 1.78. The molecule has 1 aromatic heterocycles. The summed E-state index contributed by atoms with van der Waals surface area (Å²) in [6.07, 6.45) is 0.0175. The zero-order valence-corrected chi connectivity index (χ0v) is 12.8. The number of aliphatic hydroxyl groups excluding tert-OH is 1. The molecule has 0 aliphatic rings. The van der Waals surface area contributed by atoms with Crippen LogP contribution in [0.3, 0.4) is 0 Å². The summed E-state index contributed by atoms with van der Waals surface area (Å²) in [6.45, 7) is 3.09. The zero-order valence-electron chi connectivity index (χ0n) is 11.2. The first-order valence-electron chi connectivity index (χ1n) is 6.44. The molecular weight excluding hydrogens is 324 g/mol. The summed E-state index contributed by atoms with van der Waals surface area (Å²) in [4.78, 5) is 0. The van der Waals surface area contributed by atoms with Crippen molar-refractivity contribution in [3.8, 4) is 0 Å². The van der Waals surface area contributed by atoms with E-state index in [1.807, 2.05) is 31.2 Å². The molecule has 20 heavy (non-hydrogen) atoms. The third-order valence-electron chi connectivity index (χ3n) is 2.78. The monoisotopic (exact) mass is 340 g/mol. The third kappa shape index (κ3) is 4.36. The Labute approximate surface area is 125 Å². The van der Waals surface area contributed by atoms with Crippen molar-refractivity contribution in [3.63, 3.8) is 0 Å². The molecule has 1 heterocycles. The Bertz CT molecular complexity index is 529. The minimum Gasteiger partial charge on any atom is -0.389 e. The van der Waals surface area contributed by atoms with E-state index in [1.54, 1.807) is 4.68 Å². The van der Waals surface area contributed by atoms with Gasteiger partial charge in [0.25, 0.3) is 0 Å². The highest BCUT2D eigenvalue weighted by Crippen LogP contribution is 2.13. The number of nitrogens with zero attached hydrogens (tertiary/aromatic N) is 4. The molecule has 0 bridgehead atoms. The van der Waals surface area contributed by atoms with Crippen LogP contribution in [0.4, 0.5) is 0 Å². The highest BCUT2D eigenvalue weighted by atomic mass is 79.9. The van der Waals surface area contributed by atoms with Crippen molar-refractivity contribution in [2.24, 2.45) is 0 Å². The summed E-state index contributed by atoms with van der Waals surface area (Å²) in [5.41, 5.74) is 1.11. The van der Waals surface area contributed by atoms with Crippen LogP contribution in [0.2, 0.25) is 0 Å². The van der Waals surface area contributed by atoms with Crippen LogP contribution in [0, 0.1) is 0 Å². The number of aliphatic hydroxyl groups is 1. The molecule has 1 N–H and O–H groups in total. The van der Waals surface area contributed by atoms with E-state index in [2.05, 4.69) is 31.5 Å². The van der Waals surface area contributed by atoms with Gasteiger partial charge in [-0.05, 0) is 35.0 Å². The van der Waals surface area contributed by atoms with Crippen molar-refractivity contribution >= 4 is 15.9 Å². The van der Waals surface area contributed by atoms with E-state index < -0.39 is 6.10 Å². The van der Waals surface area contributed by atoms with Crippen LogP contribution in [-0.2, 0) is 17.7 Å². The van der Waals surface area contributed by atoms with E-state index in [4.69, 9.17) is 4.74 Å². The number of halogens is 1. The molecule has 0 radical (unpaired) electrons. The topological polar surface area (TPSA) is 73.1 Å². The normalized spacial score (nSPS) is 12.6. The molecule has 0 aliphatic carbocycles. The summed E-state index contributed by atoms with van der Waals surface area (Å²) in [6, 6.07) is 7.99. The van der Waals surface area contributed by atoms with E-state index in [0.29, 0.717) is 19.6 Å². The van der Waals surface area contributed by atoms with Gasteiger partial charge >= 0.3 is 0 Å². The number of aromatic nitrogens is 4. The second-order valence-electron chi connectivity index (χ2n) is 4.39. The fourth-order valence-corrected chi connectivity index (χ4v) is 2.05. The lowest BCUT2D eigenvalue weighted by molar-refractivity contribution is 0.0309. The number of rotatable bonds is 7. The lowest BCUT2D eigenvalue weighted by Crippen LogP contribution is -2.24. The zero-order chi connectivity index (χ0) is 14.4. The van der Waals surface area contributed by atoms with Crippen LogP contribution < -0.4 is 0 Å². The molecule has 2 rings (SSSR count). The van der Waals surface area contributed by atoms with Gasteiger partial charge in [-0.2, -0.15) is 0 Å². The number of hydrogen-bond donors (Lipinski definition) is 1. The molecule has 2 aromatic rings. The molecule has 0 fully saturated rings. The number of tetrazole rings is 1. The van der Waals surface area contributed by atoms with Gasteiger partial charge in [0.15, 0.2) is 5.82 Å². The second kappa shape index (κ2) is 7.47. The lowest BCUT2D eigenvalue weighted by atomic mass is 10.1. The van der Waals surface area contributed by atoms with Gasteiger partial charge in [-0.3, -0.25) is 0 Å². The van der Waals surface area contributed by atoms with E-state index in [0.717, 1.165) is 15.9 Å². The van der Waals surface area contributed by atoms with Gasteiger partial charge in [-0.1, -0.05) is 28.1 Å². The van der Waals surface area contributed by atoms with Gasteiger partial charge in [0, 0.05) is 17.5 Å². The summed E-state index contributed by atoms with van der Waals surface area (Å²) in [7, 11) is 0. The van der Waals surface area contributed by atoms with E-state index >= 15 is 0 Å². The molecule has 7 heteroatoms. The summed E-state index contributed by atoms with van der Waals surface area (Å²) in [5.74, 6) is 0.725. The van der Waals surface area contributed by atoms with Crippen molar-refractivity contribution in [1.29, 1.82) is 0 Å². The minimum atomic E-state index is -0.609. The summed E-state index contributed by atoms with van der Waals surface area (Å²) >= 11 is 3.40. The molecule has 0 saturated heterocycles. The van der Waals surface area contributed by atoms with Crippen molar-refractivity contribution in [3.05, 3.63) is 40.1 Å². The molecular formula is C13H17BrN4O2. The minimum absolute atomic E-state index is 0.286. The third-order valence-corrected chi connectivity index (χ3v) is 3.31. The van der Waals surface area contributed by atoms with Crippen molar-refractivity contribution in [2.75, 3.05) is 13.2 Å². The molecule has 0 aliphatic heterocycles. The maximum Gasteiger partial charge on any atom is 0.155 e. The largest absolute Gasteiger partial charge is 0.389 e. The first-order valence-corrected chi connectivity index (χ1v) is 7.23. The molecule has 1 atom stereocenters. The van der Waals surface area contributed by atoms with E-state index in [9.17, 15) is 5.11 Å². The van der Waals surface area contributed by atoms with Gasteiger partial charge in [0.1, 0.15) is 0 Å². The van der Waals surface area contributed by atoms with Crippen LogP contribution in [0.5, 0.6) is 0 Å². The van der Waals surface area contributed by atoms with Crippen molar-refractivity contribution in [1.82, 2.24) is 20.2 Å². The van der Waals surface area contributed by atoms with Gasteiger partial charge in [0.2, 0.25) is 0 Å². The maximum absolute atomic E-state index is 9.83. The first-order chi connectivity index (χ1) is 9.69. The Kier molecular flexibility index (Phi) is 5.63. The Morgan fingerprint density at radius 2 is 2.10 bits per heavy atom. The summed E-state index contributed by atoms with van der Waals surface area (Å²) < 4.78 is 7.83. The second-order valence-corrected chi connectivity index (χ2v) is 5.31. The lowest BCUT2D eigenvalue weighted by Gasteiger charge is -2.11. The van der Waals surface area contributed by atoms with Crippen LogP contribution in [-0.4, -0.2) is 44.6 Å². The Balaban J connectivity index is 1.99. The van der Waals surface area contributed by atoms with Crippen molar-refractivity contribution in [2.45, 2.75) is 26.0 Å². The predicted octanol–water partition coefficient (Wildman–Crippen LogP) is 1.42. The smallest absolute Gasteiger partial charge is 0.155 e. The predicted molar refractivity (Wildman–Crippen MR) is 77.3 cm³/mol. The fraction of sp³-hybridized carbons (Fsp3) is 0.462. The van der Waals surface area contributed by atoms with Crippen LogP contribution in [0.1, 0.15) is 18.3 Å². The first kappa shape index (κ1) is 15.1. The Morgan fingerprint density at radius 1 is 1.35 bits per heavy atom. The number of hydrogen-bond acceptors (Lipinski definition) is 5. The maximum atomic E-state index is 9.83. The van der Waals surface area contributed by atoms with Crippen molar-refractivity contribution < 1.29 is 9.84 Å². The average molecular weight is 341 g/mol. The highest BCUT2D eigenvalue weighted by molar-refractivity contribution is 9.10.